The van der Waals surface area contributed by atoms with Gasteiger partial charge in [0.2, 0.25) is 0 Å². The van der Waals surface area contributed by atoms with Crippen LogP contribution in [-0.4, -0.2) is 60.8 Å². The van der Waals surface area contributed by atoms with Gasteiger partial charge >= 0.3 is 5.97 Å². The Balaban J connectivity index is 1.84. The Morgan fingerprint density at radius 1 is 1.58 bits per heavy atom. The van der Waals surface area contributed by atoms with Gasteiger partial charge in [-0.3, -0.25) is 9.59 Å². The van der Waals surface area contributed by atoms with Crippen LogP contribution in [0.15, 0.2) is 0 Å². The fraction of sp³-hybridized carbons (Fsp3) is 0.846. The molecule has 19 heavy (non-hydrogen) atoms. The van der Waals surface area contributed by atoms with Crippen LogP contribution < -0.4 is 5.32 Å². The quantitative estimate of drug-likeness (QED) is 0.637. The Morgan fingerprint density at radius 3 is 2.95 bits per heavy atom. The van der Waals surface area contributed by atoms with E-state index in [0.717, 1.165) is 19.5 Å². The van der Waals surface area contributed by atoms with Gasteiger partial charge in [-0.15, -0.1) is 0 Å². The van der Waals surface area contributed by atoms with Gasteiger partial charge in [0.15, 0.2) is 5.60 Å². The molecule has 0 spiro atoms. The maximum atomic E-state index is 12.3. The standard InChI is InChI=1S/C13H22N2O4/c1-19-11(16)7-14-9-13(18)5-2-6-15(12(13)17)8-10-3-4-10/h10,14,18H,2-9H2,1H3. The SMILES string of the molecule is COC(=O)CNCC1(O)CCCN(CC2CC2)C1=O. The highest BCUT2D eigenvalue weighted by Gasteiger charge is 2.43. The Labute approximate surface area is 113 Å². The zero-order chi connectivity index (χ0) is 13.9. The third kappa shape index (κ3) is 3.67. The minimum Gasteiger partial charge on any atom is -0.468 e. The number of nitrogens with zero attached hydrogens (tertiary/aromatic N) is 1. The van der Waals surface area contributed by atoms with E-state index in [2.05, 4.69) is 10.1 Å². The number of methoxy groups -OCH3 is 1. The molecule has 1 aliphatic carbocycles. The average molecular weight is 270 g/mol. The zero-order valence-corrected chi connectivity index (χ0v) is 11.4. The lowest BCUT2D eigenvalue weighted by molar-refractivity contribution is -0.157. The third-order valence-electron chi connectivity index (χ3n) is 3.79. The van der Waals surface area contributed by atoms with Gasteiger partial charge in [0.1, 0.15) is 0 Å². The number of rotatable bonds is 6. The van der Waals surface area contributed by atoms with E-state index in [4.69, 9.17) is 0 Å². The first-order valence-electron chi connectivity index (χ1n) is 6.84. The van der Waals surface area contributed by atoms with Gasteiger partial charge in [-0.25, -0.2) is 0 Å². The number of esters is 1. The van der Waals surface area contributed by atoms with Crippen molar-refractivity contribution in [3.8, 4) is 0 Å². The molecule has 2 fully saturated rings. The first kappa shape index (κ1) is 14.3. The second-order valence-corrected chi connectivity index (χ2v) is 5.51. The fourth-order valence-corrected chi connectivity index (χ4v) is 2.46. The van der Waals surface area contributed by atoms with Crippen molar-refractivity contribution in [3.05, 3.63) is 0 Å². The van der Waals surface area contributed by atoms with Gasteiger partial charge in [0, 0.05) is 19.6 Å². The summed E-state index contributed by atoms with van der Waals surface area (Å²) in [7, 11) is 1.31. The van der Waals surface area contributed by atoms with E-state index >= 15 is 0 Å². The molecule has 1 unspecified atom stereocenters. The number of hydrogen-bond donors (Lipinski definition) is 2. The number of amides is 1. The minimum absolute atomic E-state index is 0.00865. The topological polar surface area (TPSA) is 78.9 Å². The second kappa shape index (κ2) is 5.88. The molecule has 2 N–H and O–H groups in total. The maximum absolute atomic E-state index is 12.3. The molecule has 6 heteroatoms. The molecule has 1 saturated carbocycles. The smallest absolute Gasteiger partial charge is 0.319 e. The molecule has 2 rings (SSSR count). The van der Waals surface area contributed by atoms with Gasteiger partial charge in [-0.05, 0) is 31.6 Å². The summed E-state index contributed by atoms with van der Waals surface area (Å²) < 4.78 is 4.50. The summed E-state index contributed by atoms with van der Waals surface area (Å²) in [6.07, 6.45) is 3.61. The number of hydrogen-bond acceptors (Lipinski definition) is 5. The van der Waals surface area contributed by atoms with Crippen LogP contribution in [0.25, 0.3) is 0 Å². The molecule has 1 saturated heterocycles. The highest BCUT2D eigenvalue weighted by molar-refractivity contribution is 5.86. The fourth-order valence-electron chi connectivity index (χ4n) is 2.46. The normalized spacial score (nSPS) is 27.5. The van der Waals surface area contributed by atoms with Crippen LogP contribution in [-0.2, 0) is 14.3 Å². The molecule has 1 aliphatic heterocycles. The van der Waals surface area contributed by atoms with Gasteiger partial charge in [0.25, 0.3) is 5.91 Å². The van der Waals surface area contributed by atoms with Crippen LogP contribution in [0.5, 0.6) is 0 Å². The van der Waals surface area contributed by atoms with Crippen molar-refractivity contribution < 1.29 is 19.4 Å². The summed E-state index contributed by atoms with van der Waals surface area (Å²) in [5.74, 6) is 0.0130. The first-order chi connectivity index (χ1) is 9.05. The van der Waals surface area contributed by atoms with Crippen molar-refractivity contribution in [2.75, 3.05) is 33.3 Å². The lowest BCUT2D eigenvalue weighted by atomic mass is 9.91. The molecule has 0 aromatic rings. The first-order valence-corrected chi connectivity index (χ1v) is 6.84. The molecule has 1 atom stereocenters. The number of nitrogens with one attached hydrogen (secondary N) is 1. The lowest BCUT2D eigenvalue weighted by Crippen LogP contribution is -2.58. The predicted molar refractivity (Wildman–Crippen MR) is 68.4 cm³/mol. The Bertz CT molecular complexity index is 357. The predicted octanol–water partition coefficient (Wildman–Crippen LogP) is -0.488. The Hall–Kier alpha value is -1.14. The van der Waals surface area contributed by atoms with E-state index in [0.29, 0.717) is 12.3 Å². The Kier molecular flexibility index (Phi) is 4.42. The largest absolute Gasteiger partial charge is 0.468 e. The van der Waals surface area contributed by atoms with E-state index in [1.54, 1.807) is 4.90 Å². The van der Waals surface area contributed by atoms with Crippen molar-refractivity contribution in [2.45, 2.75) is 31.3 Å². The van der Waals surface area contributed by atoms with Gasteiger partial charge in [0.05, 0.1) is 13.7 Å². The van der Waals surface area contributed by atoms with E-state index in [9.17, 15) is 14.7 Å². The summed E-state index contributed by atoms with van der Waals surface area (Å²) in [6.45, 7) is 1.60. The number of likely N-dealkylation sites (tertiary alicyclic amines) is 1. The number of piperidine rings is 1. The molecule has 1 amide bonds. The molecular formula is C13H22N2O4. The van der Waals surface area contributed by atoms with Gasteiger partial charge in [-0.1, -0.05) is 0 Å². The molecule has 0 bridgehead atoms. The monoisotopic (exact) mass is 270 g/mol. The molecular weight excluding hydrogens is 248 g/mol. The molecule has 0 aromatic carbocycles. The van der Waals surface area contributed by atoms with Crippen LogP contribution in [0.3, 0.4) is 0 Å². The van der Waals surface area contributed by atoms with Crippen molar-refractivity contribution in [1.82, 2.24) is 10.2 Å². The van der Waals surface area contributed by atoms with E-state index in [1.165, 1.54) is 20.0 Å². The molecule has 2 aliphatic rings. The summed E-state index contributed by atoms with van der Waals surface area (Å²) in [4.78, 5) is 25.0. The summed E-state index contributed by atoms with van der Waals surface area (Å²) in [5.41, 5.74) is -1.37. The Morgan fingerprint density at radius 2 is 2.32 bits per heavy atom. The number of carbonyl (C=O) groups is 2. The van der Waals surface area contributed by atoms with Crippen LogP contribution in [0.2, 0.25) is 0 Å². The number of ether oxygens (including phenoxy) is 1. The zero-order valence-electron chi connectivity index (χ0n) is 11.4. The van der Waals surface area contributed by atoms with Crippen molar-refractivity contribution in [2.24, 2.45) is 5.92 Å². The molecule has 108 valence electrons. The number of aliphatic hydroxyl groups is 1. The lowest BCUT2D eigenvalue weighted by Gasteiger charge is -2.38. The molecule has 0 aromatic heterocycles. The number of carbonyl (C=O) groups excluding carboxylic acids is 2. The van der Waals surface area contributed by atoms with Crippen LogP contribution in [0.1, 0.15) is 25.7 Å². The van der Waals surface area contributed by atoms with E-state index in [-0.39, 0.29) is 19.0 Å². The maximum Gasteiger partial charge on any atom is 0.319 e. The summed E-state index contributed by atoms with van der Waals surface area (Å²) in [6, 6.07) is 0. The van der Waals surface area contributed by atoms with Crippen LogP contribution in [0, 0.1) is 5.92 Å². The van der Waals surface area contributed by atoms with Crippen molar-refractivity contribution in [3.63, 3.8) is 0 Å². The van der Waals surface area contributed by atoms with Crippen LogP contribution >= 0.6 is 0 Å². The third-order valence-corrected chi connectivity index (χ3v) is 3.79. The van der Waals surface area contributed by atoms with Crippen LogP contribution in [0.4, 0.5) is 0 Å². The minimum atomic E-state index is -1.37. The highest BCUT2D eigenvalue weighted by Crippen LogP contribution is 2.32. The summed E-state index contributed by atoms with van der Waals surface area (Å²) in [5, 5.41) is 13.2. The highest BCUT2D eigenvalue weighted by atomic mass is 16.5. The van der Waals surface area contributed by atoms with Gasteiger partial charge in [-0.2, -0.15) is 0 Å². The molecule has 0 radical (unpaired) electrons. The van der Waals surface area contributed by atoms with Gasteiger partial charge < -0.3 is 20.1 Å². The second-order valence-electron chi connectivity index (χ2n) is 5.51. The summed E-state index contributed by atoms with van der Waals surface area (Å²) >= 11 is 0. The van der Waals surface area contributed by atoms with Crippen molar-refractivity contribution >= 4 is 11.9 Å². The van der Waals surface area contributed by atoms with Crippen molar-refractivity contribution in [1.29, 1.82) is 0 Å². The molecule has 6 nitrogen and oxygen atoms in total. The van der Waals surface area contributed by atoms with E-state index < -0.39 is 11.6 Å². The van der Waals surface area contributed by atoms with E-state index in [1.807, 2.05) is 0 Å². The average Bonchev–Trinajstić information content (AvgIpc) is 3.19. The molecule has 1 heterocycles.